The SMILES string of the molecule is COC(=O)c1csc(Nc2nc(C)cn3c(C4=[CH][Sn][N]=C4)cnc23)c1. The molecule has 0 atom stereocenters. The number of carbonyl (C=O) groups is 1. The van der Waals surface area contributed by atoms with E-state index in [2.05, 4.69) is 22.6 Å². The molecular formula is C16H13N5O2SSn. The first kappa shape index (κ1) is 16.3. The molecule has 0 saturated heterocycles. The molecule has 124 valence electrons. The first-order chi connectivity index (χ1) is 12.2. The number of methoxy groups -OCH3 is 1. The molecule has 4 rings (SSSR count). The van der Waals surface area contributed by atoms with Crippen molar-refractivity contribution in [2.75, 3.05) is 12.4 Å². The molecule has 0 bridgehead atoms. The van der Waals surface area contributed by atoms with E-state index in [0.29, 0.717) is 11.4 Å². The number of aromatic nitrogens is 3. The third-order valence-corrected chi connectivity index (χ3v) is 6.56. The van der Waals surface area contributed by atoms with Crippen molar-refractivity contribution in [1.29, 1.82) is 0 Å². The Labute approximate surface area is 158 Å². The Kier molecular flexibility index (Phi) is 4.30. The fourth-order valence-corrected chi connectivity index (χ4v) is 5.16. The number of anilines is 2. The monoisotopic (exact) mass is 459 g/mol. The van der Waals surface area contributed by atoms with Gasteiger partial charge in [0.2, 0.25) is 0 Å². The van der Waals surface area contributed by atoms with Crippen molar-refractivity contribution >= 4 is 67.0 Å². The Morgan fingerprint density at radius 2 is 2.32 bits per heavy atom. The molecule has 3 aromatic rings. The second-order valence-corrected chi connectivity index (χ2v) is 8.58. The summed E-state index contributed by atoms with van der Waals surface area (Å²) in [6.07, 6.45) is 5.74. The summed E-state index contributed by atoms with van der Waals surface area (Å²) in [6, 6.07) is 1.75. The van der Waals surface area contributed by atoms with Gasteiger partial charge in [-0.3, -0.25) is 0 Å². The molecule has 0 unspecified atom stereocenters. The Morgan fingerprint density at radius 1 is 1.44 bits per heavy atom. The van der Waals surface area contributed by atoms with E-state index in [-0.39, 0.29) is 5.97 Å². The molecule has 0 aliphatic carbocycles. The van der Waals surface area contributed by atoms with Crippen LogP contribution in [0.2, 0.25) is 0 Å². The van der Waals surface area contributed by atoms with Crippen molar-refractivity contribution in [2.45, 2.75) is 6.92 Å². The van der Waals surface area contributed by atoms with Gasteiger partial charge in [0.25, 0.3) is 0 Å². The molecule has 0 fully saturated rings. The predicted molar refractivity (Wildman–Crippen MR) is 98.9 cm³/mol. The molecule has 7 nitrogen and oxygen atoms in total. The summed E-state index contributed by atoms with van der Waals surface area (Å²) >= 11 is 0.684. The molecule has 3 aromatic heterocycles. The van der Waals surface area contributed by atoms with Crippen LogP contribution in [0.5, 0.6) is 0 Å². The number of allylic oxidation sites excluding steroid dienone is 1. The Morgan fingerprint density at radius 3 is 3.08 bits per heavy atom. The van der Waals surface area contributed by atoms with E-state index in [0.717, 1.165) is 27.6 Å². The van der Waals surface area contributed by atoms with Gasteiger partial charge in [0.05, 0.1) is 7.11 Å². The van der Waals surface area contributed by atoms with E-state index in [1.165, 1.54) is 18.4 Å². The summed E-state index contributed by atoms with van der Waals surface area (Å²) < 4.78 is 13.4. The number of esters is 1. The molecule has 25 heavy (non-hydrogen) atoms. The molecule has 1 aliphatic rings. The van der Waals surface area contributed by atoms with Crippen molar-refractivity contribution in [3.05, 3.63) is 44.9 Å². The minimum atomic E-state index is -0.736. The number of ether oxygens (including phenoxy) is 1. The molecule has 0 spiro atoms. The number of rotatable bonds is 4. The van der Waals surface area contributed by atoms with Crippen LogP contribution < -0.4 is 5.32 Å². The predicted octanol–water partition coefficient (Wildman–Crippen LogP) is 2.67. The molecule has 1 N–H and O–H groups in total. The second kappa shape index (κ2) is 6.60. The number of hydrogen-bond donors (Lipinski definition) is 1. The van der Waals surface area contributed by atoms with Gasteiger partial charge in [-0.2, -0.15) is 0 Å². The second-order valence-electron chi connectivity index (χ2n) is 5.37. The molecule has 1 aliphatic heterocycles. The average molecular weight is 458 g/mol. The van der Waals surface area contributed by atoms with E-state index in [1.54, 1.807) is 11.4 Å². The third-order valence-electron chi connectivity index (χ3n) is 3.67. The fraction of sp³-hybridized carbons (Fsp3) is 0.125. The van der Waals surface area contributed by atoms with Crippen molar-refractivity contribution in [3.8, 4) is 0 Å². The van der Waals surface area contributed by atoms with Crippen LogP contribution in [0.3, 0.4) is 0 Å². The first-order valence-corrected chi connectivity index (χ1v) is 11.2. The van der Waals surface area contributed by atoms with Crippen LogP contribution >= 0.6 is 11.3 Å². The van der Waals surface area contributed by atoms with Crippen LogP contribution in [0.15, 0.2) is 31.1 Å². The van der Waals surface area contributed by atoms with Gasteiger partial charge in [-0.1, -0.05) is 0 Å². The van der Waals surface area contributed by atoms with Gasteiger partial charge in [-0.25, -0.2) is 0 Å². The van der Waals surface area contributed by atoms with E-state index < -0.39 is 21.4 Å². The van der Waals surface area contributed by atoms with Gasteiger partial charge in [0.15, 0.2) is 0 Å². The summed E-state index contributed by atoms with van der Waals surface area (Å²) in [7, 11) is 1.37. The third kappa shape index (κ3) is 3.07. The Bertz CT molecular complexity index is 1040. The van der Waals surface area contributed by atoms with E-state index >= 15 is 0 Å². The van der Waals surface area contributed by atoms with Gasteiger partial charge < -0.3 is 0 Å². The number of imidazole rings is 1. The van der Waals surface area contributed by atoms with E-state index in [9.17, 15) is 4.79 Å². The van der Waals surface area contributed by atoms with Gasteiger partial charge in [-0.15, -0.1) is 0 Å². The number of carbonyl (C=O) groups excluding carboxylic acids is 1. The molecule has 0 aromatic carbocycles. The Balaban J connectivity index is 1.73. The topological polar surface area (TPSA) is 80.9 Å². The van der Waals surface area contributed by atoms with Crippen LogP contribution in [0, 0.1) is 6.92 Å². The summed E-state index contributed by atoms with van der Waals surface area (Å²) in [5, 5.41) is 5.82. The minimum absolute atomic E-state index is 0.354. The van der Waals surface area contributed by atoms with Crippen LogP contribution in [0.25, 0.3) is 11.2 Å². The average Bonchev–Trinajstić information content (AvgIpc) is 3.33. The van der Waals surface area contributed by atoms with Crippen molar-refractivity contribution in [2.24, 2.45) is 3.21 Å². The molecular weight excluding hydrogens is 445 g/mol. The summed E-state index contributed by atoms with van der Waals surface area (Å²) in [6.45, 7) is 1.94. The maximum atomic E-state index is 11.6. The quantitative estimate of drug-likeness (QED) is 0.481. The van der Waals surface area contributed by atoms with Crippen molar-refractivity contribution in [1.82, 2.24) is 14.4 Å². The zero-order chi connectivity index (χ0) is 17.4. The maximum absolute atomic E-state index is 11.6. The number of nitrogens with zero attached hydrogens (tertiary/aromatic N) is 4. The standard InChI is InChI=1S/C16H13N5O2S.Sn/c1-9(5-17)12-6-18-15-14(19-10(2)7-21(12)15)20-13-4-11(8-24-13)16(22)23-3;/h1,4-8H,2-3H3,(H,19,20);/q-1;+1. The van der Waals surface area contributed by atoms with Crippen LogP contribution in [0.1, 0.15) is 21.7 Å². The van der Waals surface area contributed by atoms with Gasteiger partial charge in [0.1, 0.15) is 0 Å². The van der Waals surface area contributed by atoms with Crippen molar-refractivity contribution < 1.29 is 9.53 Å². The molecule has 2 radical (unpaired) electrons. The summed E-state index contributed by atoms with van der Waals surface area (Å²) in [5.41, 5.74) is 4.27. The number of aryl methyl sites for hydroxylation is 1. The Hall–Kier alpha value is -2.20. The van der Waals surface area contributed by atoms with Gasteiger partial charge in [-0.05, 0) is 0 Å². The number of nitrogens with one attached hydrogen (secondary N) is 1. The molecule has 4 heterocycles. The number of fused-ring (bicyclic) bond motifs is 1. The summed E-state index contributed by atoms with van der Waals surface area (Å²) in [5.74, 6) is 0.298. The zero-order valence-electron chi connectivity index (χ0n) is 13.5. The van der Waals surface area contributed by atoms with Gasteiger partial charge >= 0.3 is 151 Å². The van der Waals surface area contributed by atoms with E-state index in [4.69, 9.17) is 4.74 Å². The van der Waals surface area contributed by atoms with Crippen LogP contribution in [-0.2, 0) is 4.74 Å². The van der Waals surface area contributed by atoms with E-state index in [1.807, 2.05) is 29.9 Å². The molecule has 0 amide bonds. The first-order valence-electron chi connectivity index (χ1n) is 7.43. The number of thiophene rings is 1. The summed E-state index contributed by atoms with van der Waals surface area (Å²) in [4.78, 5) is 20.7. The van der Waals surface area contributed by atoms with Gasteiger partial charge in [0, 0.05) is 0 Å². The van der Waals surface area contributed by atoms with Crippen LogP contribution in [-0.4, -0.2) is 55.1 Å². The van der Waals surface area contributed by atoms with Crippen molar-refractivity contribution in [3.63, 3.8) is 0 Å². The fourth-order valence-electron chi connectivity index (χ4n) is 2.54. The zero-order valence-corrected chi connectivity index (χ0v) is 17.1. The molecule has 0 saturated carbocycles. The molecule has 9 heteroatoms. The number of hydrogen-bond acceptors (Lipinski definition) is 7. The van der Waals surface area contributed by atoms with Crippen LogP contribution in [0.4, 0.5) is 10.8 Å². The normalized spacial score (nSPS) is 13.3.